The summed E-state index contributed by atoms with van der Waals surface area (Å²) in [5.41, 5.74) is -0.422. The van der Waals surface area contributed by atoms with Crippen molar-refractivity contribution >= 4 is 21.8 Å². The molecule has 2 heterocycles. The van der Waals surface area contributed by atoms with E-state index >= 15 is 0 Å². The summed E-state index contributed by atoms with van der Waals surface area (Å²) in [4.78, 5) is 23.3. The van der Waals surface area contributed by atoms with Crippen molar-refractivity contribution in [2.75, 3.05) is 39.4 Å². The molecule has 142 valence electrons. The minimum absolute atomic E-state index is 0.0359. The Balaban J connectivity index is 1.74. The fourth-order valence-corrected chi connectivity index (χ4v) is 4.43. The number of nitro benzene ring substituents is 1. The van der Waals surface area contributed by atoms with E-state index in [2.05, 4.69) is 0 Å². The van der Waals surface area contributed by atoms with E-state index in [9.17, 15) is 23.3 Å². The van der Waals surface area contributed by atoms with Crippen molar-refractivity contribution in [2.45, 2.75) is 17.7 Å². The number of cyclic esters (lactones) is 1. The van der Waals surface area contributed by atoms with Gasteiger partial charge in [0, 0.05) is 19.2 Å². The smallest absolute Gasteiger partial charge is 0.410 e. The van der Waals surface area contributed by atoms with E-state index < -0.39 is 26.7 Å². The van der Waals surface area contributed by atoms with Crippen LogP contribution in [-0.2, 0) is 14.8 Å². The molecule has 2 aliphatic heterocycles. The van der Waals surface area contributed by atoms with Gasteiger partial charge >= 0.3 is 11.8 Å². The van der Waals surface area contributed by atoms with Crippen molar-refractivity contribution in [3.8, 4) is 5.75 Å². The van der Waals surface area contributed by atoms with E-state index in [1.54, 1.807) is 0 Å². The lowest BCUT2D eigenvalue weighted by molar-refractivity contribution is -0.386. The van der Waals surface area contributed by atoms with E-state index in [-0.39, 0.29) is 23.8 Å². The number of carbonyl (C=O) groups is 1. The molecule has 1 amide bonds. The zero-order valence-electron chi connectivity index (χ0n) is 14.0. The normalized spacial score (nSPS) is 18.2. The molecule has 2 saturated heterocycles. The Morgan fingerprint density at radius 3 is 2.58 bits per heavy atom. The van der Waals surface area contributed by atoms with Crippen molar-refractivity contribution in [3.63, 3.8) is 0 Å². The van der Waals surface area contributed by atoms with Gasteiger partial charge < -0.3 is 14.4 Å². The van der Waals surface area contributed by atoms with Crippen LogP contribution < -0.4 is 4.74 Å². The Hall–Kier alpha value is -2.40. The fourth-order valence-electron chi connectivity index (χ4n) is 2.89. The van der Waals surface area contributed by atoms with Crippen LogP contribution in [0.1, 0.15) is 12.8 Å². The van der Waals surface area contributed by atoms with Gasteiger partial charge in [0.05, 0.1) is 22.9 Å². The second kappa shape index (κ2) is 7.46. The summed E-state index contributed by atoms with van der Waals surface area (Å²) in [5, 5.41) is 11.3. The van der Waals surface area contributed by atoms with Crippen LogP contribution in [0.5, 0.6) is 5.75 Å². The maximum absolute atomic E-state index is 12.5. The van der Waals surface area contributed by atoms with Gasteiger partial charge in [0.15, 0.2) is 5.75 Å². The standard InChI is InChI=1S/C15H19N3O7S/c19-15-16(8-10-25-15)7-9-24-14-4-3-12(11-13(14)18(20)21)26(22,23)17-5-1-2-6-17/h3-4,11H,1-2,5-10H2. The molecule has 2 aliphatic rings. The number of amides is 1. The summed E-state index contributed by atoms with van der Waals surface area (Å²) in [6.07, 6.45) is 1.11. The van der Waals surface area contributed by atoms with E-state index in [1.807, 2.05) is 0 Å². The van der Waals surface area contributed by atoms with Crippen LogP contribution in [0.3, 0.4) is 0 Å². The van der Waals surface area contributed by atoms with Crippen LogP contribution in [0.15, 0.2) is 23.1 Å². The van der Waals surface area contributed by atoms with Gasteiger partial charge in [-0.05, 0) is 25.0 Å². The molecule has 0 N–H and O–H groups in total. The number of nitro groups is 1. The number of benzene rings is 1. The first-order chi connectivity index (χ1) is 12.4. The van der Waals surface area contributed by atoms with E-state index in [0.717, 1.165) is 18.9 Å². The number of sulfonamides is 1. The Kier molecular flexibility index (Phi) is 5.28. The molecular formula is C15H19N3O7S. The Morgan fingerprint density at radius 1 is 1.23 bits per heavy atom. The molecule has 0 unspecified atom stereocenters. The minimum atomic E-state index is -3.75. The van der Waals surface area contributed by atoms with Crippen LogP contribution in [-0.4, -0.2) is 68.0 Å². The molecule has 10 nitrogen and oxygen atoms in total. The van der Waals surface area contributed by atoms with Crippen molar-refractivity contribution in [2.24, 2.45) is 0 Å². The highest BCUT2D eigenvalue weighted by Crippen LogP contribution is 2.31. The SMILES string of the molecule is O=C1OCCN1CCOc1ccc(S(=O)(=O)N2CCCC2)cc1[N+](=O)[O-]. The number of nitrogens with zero attached hydrogens (tertiary/aromatic N) is 3. The summed E-state index contributed by atoms with van der Waals surface area (Å²) in [6, 6.07) is 3.61. The van der Waals surface area contributed by atoms with E-state index in [4.69, 9.17) is 9.47 Å². The number of carbonyl (C=O) groups excluding carboxylic acids is 1. The summed E-state index contributed by atoms with van der Waals surface area (Å²) in [6.45, 7) is 1.85. The van der Waals surface area contributed by atoms with Crippen LogP contribution in [0.2, 0.25) is 0 Å². The van der Waals surface area contributed by atoms with Gasteiger partial charge in [0.1, 0.15) is 13.2 Å². The van der Waals surface area contributed by atoms with Crippen molar-refractivity contribution < 1.29 is 27.6 Å². The maximum Gasteiger partial charge on any atom is 0.410 e. The van der Waals surface area contributed by atoms with Gasteiger partial charge in [-0.3, -0.25) is 10.1 Å². The fraction of sp³-hybridized carbons (Fsp3) is 0.533. The first-order valence-corrected chi connectivity index (χ1v) is 9.67. The molecule has 2 fully saturated rings. The third-order valence-corrected chi connectivity index (χ3v) is 6.19. The van der Waals surface area contributed by atoms with Gasteiger partial charge in [0.2, 0.25) is 10.0 Å². The van der Waals surface area contributed by atoms with Gasteiger partial charge in [-0.25, -0.2) is 13.2 Å². The van der Waals surface area contributed by atoms with Crippen LogP contribution in [0.25, 0.3) is 0 Å². The van der Waals surface area contributed by atoms with E-state index in [0.29, 0.717) is 26.2 Å². The monoisotopic (exact) mass is 385 g/mol. The highest BCUT2D eigenvalue weighted by molar-refractivity contribution is 7.89. The highest BCUT2D eigenvalue weighted by Gasteiger charge is 2.30. The number of ether oxygens (including phenoxy) is 2. The zero-order chi connectivity index (χ0) is 18.7. The molecule has 1 aromatic carbocycles. The summed E-state index contributed by atoms with van der Waals surface area (Å²) in [5.74, 6) is -0.0389. The lowest BCUT2D eigenvalue weighted by Gasteiger charge is -2.16. The van der Waals surface area contributed by atoms with Crippen molar-refractivity contribution in [1.82, 2.24) is 9.21 Å². The third-order valence-electron chi connectivity index (χ3n) is 4.29. The molecular weight excluding hydrogens is 366 g/mol. The van der Waals surface area contributed by atoms with E-state index in [1.165, 1.54) is 21.3 Å². The lowest BCUT2D eigenvalue weighted by Crippen LogP contribution is -2.29. The Labute approximate surface area is 150 Å². The summed E-state index contributed by atoms with van der Waals surface area (Å²) < 4.78 is 36.6. The number of rotatable bonds is 7. The summed E-state index contributed by atoms with van der Waals surface area (Å²) in [7, 11) is -3.75. The molecule has 11 heteroatoms. The lowest BCUT2D eigenvalue weighted by atomic mass is 10.3. The molecule has 0 spiro atoms. The highest BCUT2D eigenvalue weighted by atomic mass is 32.2. The third kappa shape index (κ3) is 3.73. The van der Waals surface area contributed by atoms with Crippen molar-refractivity contribution in [1.29, 1.82) is 0 Å². The van der Waals surface area contributed by atoms with Gasteiger partial charge in [-0.1, -0.05) is 0 Å². The zero-order valence-corrected chi connectivity index (χ0v) is 14.8. The van der Waals surface area contributed by atoms with Crippen LogP contribution in [0.4, 0.5) is 10.5 Å². The number of hydrogen-bond acceptors (Lipinski definition) is 7. The molecule has 1 aromatic rings. The molecule has 0 radical (unpaired) electrons. The minimum Gasteiger partial charge on any atom is -0.485 e. The largest absolute Gasteiger partial charge is 0.485 e. The molecule has 0 aromatic heterocycles. The second-order valence-corrected chi connectivity index (χ2v) is 7.89. The predicted octanol–water partition coefficient (Wildman–Crippen LogP) is 1.21. The van der Waals surface area contributed by atoms with Gasteiger partial charge in [-0.15, -0.1) is 0 Å². The predicted molar refractivity (Wildman–Crippen MR) is 89.5 cm³/mol. The van der Waals surface area contributed by atoms with Crippen LogP contribution in [0, 0.1) is 10.1 Å². The van der Waals surface area contributed by atoms with Crippen LogP contribution >= 0.6 is 0 Å². The average Bonchev–Trinajstić information content (AvgIpc) is 3.27. The van der Waals surface area contributed by atoms with Gasteiger partial charge in [-0.2, -0.15) is 4.31 Å². The maximum atomic E-state index is 12.5. The number of hydrogen-bond donors (Lipinski definition) is 0. The average molecular weight is 385 g/mol. The first kappa shape index (κ1) is 18.4. The molecule has 0 atom stereocenters. The quantitative estimate of drug-likeness (QED) is 0.511. The second-order valence-electron chi connectivity index (χ2n) is 5.95. The molecule has 0 bridgehead atoms. The van der Waals surface area contributed by atoms with Gasteiger partial charge in [0.25, 0.3) is 0 Å². The van der Waals surface area contributed by atoms with Crippen molar-refractivity contribution in [3.05, 3.63) is 28.3 Å². The molecule has 0 saturated carbocycles. The Bertz CT molecular complexity index is 805. The molecule has 3 rings (SSSR count). The molecule has 26 heavy (non-hydrogen) atoms. The first-order valence-electron chi connectivity index (χ1n) is 8.23. The molecule has 0 aliphatic carbocycles. The Morgan fingerprint density at radius 2 is 1.96 bits per heavy atom. The topological polar surface area (TPSA) is 119 Å². The summed E-state index contributed by atoms with van der Waals surface area (Å²) >= 11 is 0.